The molecule has 120 valence electrons. The van der Waals surface area contributed by atoms with Gasteiger partial charge in [0.25, 0.3) is 0 Å². The molecule has 2 N–H and O–H groups in total. The van der Waals surface area contributed by atoms with Gasteiger partial charge in [0, 0.05) is 29.1 Å². The molecule has 0 aromatic heterocycles. The lowest BCUT2D eigenvalue weighted by molar-refractivity contribution is 0.454. The highest BCUT2D eigenvalue weighted by molar-refractivity contribution is 9.10. The topological polar surface area (TPSA) is 41.6 Å². The van der Waals surface area contributed by atoms with Gasteiger partial charge in [-0.25, -0.2) is 4.99 Å². The van der Waals surface area contributed by atoms with Crippen molar-refractivity contribution in [2.75, 3.05) is 24.6 Å². The summed E-state index contributed by atoms with van der Waals surface area (Å²) in [6.45, 7) is 1.94. The summed E-state index contributed by atoms with van der Waals surface area (Å²) in [5.41, 5.74) is 8.61. The molecule has 0 radical (unpaired) electrons. The van der Waals surface area contributed by atoms with E-state index in [1.54, 1.807) is 0 Å². The monoisotopic (exact) mass is 389 g/mol. The molecule has 1 aliphatic heterocycles. The van der Waals surface area contributed by atoms with Crippen molar-refractivity contribution in [2.24, 2.45) is 10.7 Å². The first-order valence-electron chi connectivity index (χ1n) is 7.70. The van der Waals surface area contributed by atoms with Crippen LogP contribution in [0.2, 0.25) is 0 Å². The van der Waals surface area contributed by atoms with Crippen molar-refractivity contribution in [3.8, 4) is 0 Å². The highest BCUT2D eigenvalue weighted by Crippen LogP contribution is 2.28. The Morgan fingerprint density at radius 3 is 2.43 bits per heavy atom. The maximum absolute atomic E-state index is 6.32. The summed E-state index contributed by atoms with van der Waals surface area (Å²) in [5.74, 6) is 2.87. The number of guanidine groups is 1. The SMILES string of the molecule is NC(=NC(c1ccccc1)c1cccc(Br)c1)N1CCSCC1. The highest BCUT2D eigenvalue weighted by Gasteiger charge is 2.17. The zero-order chi connectivity index (χ0) is 16.1. The van der Waals surface area contributed by atoms with Gasteiger partial charge in [-0.3, -0.25) is 0 Å². The highest BCUT2D eigenvalue weighted by atomic mass is 79.9. The molecule has 1 saturated heterocycles. The van der Waals surface area contributed by atoms with Gasteiger partial charge in [0.15, 0.2) is 5.96 Å². The average molecular weight is 390 g/mol. The van der Waals surface area contributed by atoms with Crippen molar-refractivity contribution in [3.63, 3.8) is 0 Å². The molecule has 3 rings (SSSR count). The van der Waals surface area contributed by atoms with Crippen LogP contribution in [0.5, 0.6) is 0 Å². The molecule has 3 nitrogen and oxygen atoms in total. The summed E-state index contributed by atoms with van der Waals surface area (Å²) in [5, 5.41) is 0. The quantitative estimate of drug-likeness (QED) is 0.639. The minimum Gasteiger partial charge on any atom is -0.370 e. The third-order valence-electron chi connectivity index (χ3n) is 3.88. The molecule has 23 heavy (non-hydrogen) atoms. The van der Waals surface area contributed by atoms with Crippen molar-refractivity contribution in [3.05, 3.63) is 70.2 Å². The van der Waals surface area contributed by atoms with E-state index >= 15 is 0 Å². The summed E-state index contributed by atoms with van der Waals surface area (Å²) in [4.78, 5) is 7.06. The molecule has 0 aliphatic carbocycles. The van der Waals surface area contributed by atoms with Gasteiger partial charge in [0.05, 0.1) is 0 Å². The fraction of sp³-hybridized carbons (Fsp3) is 0.278. The summed E-state index contributed by atoms with van der Waals surface area (Å²) in [6.07, 6.45) is 0. The molecular formula is C18H20BrN3S. The largest absolute Gasteiger partial charge is 0.370 e. The van der Waals surface area contributed by atoms with E-state index in [0.29, 0.717) is 5.96 Å². The van der Waals surface area contributed by atoms with E-state index < -0.39 is 0 Å². The summed E-state index contributed by atoms with van der Waals surface area (Å²) < 4.78 is 1.05. The van der Waals surface area contributed by atoms with Gasteiger partial charge in [-0.1, -0.05) is 58.4 Å². The number of halogens is 1. The van der Waals surface area contributed by atoms with Crippen LogP contribution in [-0.2, 0) is 0 Å². The molecule has 1 atom stereocenters. The number of hydrogen-bond donors (Lipinski definition) is 1. The van der Waals surface area contributed by atoms with Crippen LogP contribution in [0, 0.1) is 0 Å². The zero-order valence-corrected chi connectivity index (χ0v) is 15.3. The van der Waals surface area contributed by atoms with Crippen LogP contribution < -0.4 is 5.73 Å². The van der Waals surface area contributed by atoms with Gasteiger partial charge in [-0.15, -0.1) is 0 Å². The lowest BCUT2D eigenvalue weighted by atomic mass is 9.99. The van der Waals surface area contributed by atoms with Crippen LogP contribution in [0.25, 0.3) is 0 Å². The Kier molecular flexibility index (Phi) is 5.62. The molecule has 1 fully saturated rings. The van der Waals surface area contributed by atoms with Crippen LogP contribution in [-0.4, -0.2) is 35.5 Å². The minimum atomic E-state index is -0.0803. The molecule has 2 aromatic rings. The lowest BCUT2D eigenvalue weighted by Gasteiger charge is -2.28. The Labute approximate surface area is 150 Å². The standard InChI is InChI=1S/C18H20BrN3S/c19-16-8-4-7-15(13-16)17(14-5-2-1-3-6-14)21-18(20)22-9-11-23-12-10-22/h1-8,13,17H,9-12H2,(H2,20,21). The Hall–Kier alpha value is -1.46. The van der Waals surface area contributed by atoms with Crippen LogP contribution in [0.1, 0.15) is 17.2 Å². The Bertz CT molecular complexity index is 669. The molecule has 2 aromatic carbocycles. The number of benzene rings is 2. The number of aliphatic imine (C=N–C) groups is 1. The third-order valence-corrected chi connectivity index (χ3v) is 5.31. The maximum Gasteiger partial charge on any atom is 0.192 e. The van der Waals surface area contributed by atoms with Gasteiger partial charge in [-0.2, -0.15) is 11.8 Å². The third kappa shape index (κ3) is 4.30. The van der Waals surface area contributed by atoms with Gasteiger partial charge >= 0.3 is 0 Å². The molecule has 1 aliphatic rings. The molecule has 1 unspecified atom stereocenters. The predicted octanol–water partition coefficient (Wildman–Crippen LogP) is 3.90. The fourth-order valence-corrected chi connectivity index (χ4v) is 3.98. The molecular weight excluding hydrogens is 370 g/mol. The lowest BCUT2D eigenvalue weighted by Crippen LogP contribution is -2.42. The Morgan fingerprint density at radius 1 is 1.04 bits per heavy atom. The van der Waals surface area contributed by atoms with E-state index in [0.717, 1.165) is 40.2 Å². The first-order chi connectivity index (χ1) is 11.2. The van der Waals surface area contributed by atoms with E-state index in [1.165, 1.54) is 0 Å². The van der Waals surface area contributed by atoms with Crippen LogP contribution in [0.4, 0.5) is 0 Å². The van der Waals surface area contributed by atoms with E-state index in [9.17, 15) is 0 Å². The minimum absolute atomic E-state index is 0.0803. The Morgan fingerprint density at radius 2 is 1.74 bits per heavy atom. The number of thioether (sulfide) groups is 1. The van der Waals surface area contributed by atoms with Crippen molar-refractivity contribution in [2.45, 2.75) is 6.04 Å². The second-order valence-electron chi connectivity index (χ2n) is 5.45. The molecule has 5 heteroatoms. The smallest absolute Gasteiger partial charge is 0.192 e. The molecule has 0 amide bonds. The van der Waals surface area contributed by atoms with Gasteiger partial charge < -0.3 is 10.6 Å². The van der Waals surface area contributed by atoms with Crippen molar-refractivity contribution >= 4 is 33.7 Å². The van der Waals surface area contributed by atoms with Crippen molar-refractivity contribution < 1.29 is 0 Å². The number of nitrogens with zero attached hydrogens (tertiary/aromatic N) is 2. The fourth-order valence-electron chi connectivity index (χ4n) is 2.66. The van der Waals surface area contributed by atoms with Gasteiger partial charge in [-0.05, 0) is 23.3 Å². The maximum atomic E-state index is 6.32. The molecule has 1 heterocycles. The molecule has 0 saturated carbocycles. The van der Waals surface area contributed by atoms with Crippen molar-refractivity contribution in [1.29, 1.82) is 0 Å². The van der Waals surface area contributed by atoms with Crippen molar-refractivity contribution in [1.82, 2.24) is 4.90 Å². The molecule has 0 spiro atoms. The average Bonchev–Trinajstić information content (AvgIpc) is 2.61. The van der Waals surface area contributed by atoms with Crippen LogP contribution in [0.15, 0.2) is 64.1 Å². The van der Waals surface area contributed by atoms with E-state index in [1.807, 2.05) is 42.1 Å². The second kappa shape index (κ2) is 7.88. The number of hydrogen-bond acceptors (Lipinski definition) is 2. The summed E-state index contributed by atoms with van der Waals surface area (Å²) >= 11 is 5.52. The second-order valence-corrected chi connectivity index (χ2v) is 7.60. The Balaban J connectivity index is 1.95. The van der Waals surface area contributed by atoms with Crippen LogP contribution >= 0.6 is 27.7 Å². The van der Waals surface area contributed by atoms with E-state index in [-0.39, 0.29) is 6.04 Å². The van der Waals surface area contributed by atoms with Gasteiger partial charge in [0.2, 0.25) is 0 Å². The van der Waals surface area contributed by atoms with Gasteiger partial charge in [0.1, 0.15) is 6.04 Å². The first-order valence-corrected chi connectivity index (χ1v) is 9.65. The summed E-state index contributed by atoms with van der Waals surface area (Å²) in [6, 6.07) is 18.5. The predicted molar refractivity (Wildman–Crippen MR) is 103 cm³/mol. The number of nitrogens with two attached hydrogens (primary N) is 1. The number of rotatable bonds is 3. The van der Waals surface area contributed by atoms with E-state index in [2.05, 4.69) is 45.1 Å². The van der Waals surface area contributed by atoms with E-state index in [4.69, 9.17) is 10.7 Å². The summed E-state index contributed by atoms with van der Waals surface area (Å²) in [7, 11) is 0. The molecule has 0 bridgehead atoms. The zero-order valence-electron chi connectivity index (χ0n) is 12.9. The normalized spacial score (nSPS) is 17.1. The first kappa shape index (κ1) is 16.4. The van der Waals surface area contributed by atoms with Crippen LogP contribution in [0.3, 0.4) is 0 Å².